The van der Waals surface area contributed by atoms with Gasteiger partial charge in [0.05, 0.1) is 5.88 Å². The van der Waals surface area contributed by atoms with Crippen molar-refractivity contribution in [1.29, 1.82) is 0 Å². The molecule has 0 heterocycles. The quantitative estimate of drug-likeness (QED) is 0.532. The third kappa shape index (κ3) is 4.32. The monoisotopic (exact) mass is 338 g/mol. The minimum atomic E-state index is 0.322. The fraction of sp³-hybridized carbons (Fsp3) is 0.176. The predicted molar refractivity (Wildman–Crippen MR) is 89.6 cm³/mol. The minimum absolute atomic E-state index is 0.322. The summed E-state index contributed by atoms with van der Waals surface area (Å²) in [5.74, 6) is 6.90. The summed E-state index contributed by atoms with van der Waals surface area (Å²) in [5.41, 5.74) is 2.70. The van der Waals surface area contributed by atoms with E-state index in [9.17, 15) is 0 Å². The summed E-state index contributed by atoms with van der Waals surface area (Å²) in [6.07, 6.45) is 0. The Kier molecular flexibility index (Phi) is 5.82. The van der Waals surface area contributed by atoms with Gasteiger partial charge in [0.25, 0.3) is 0 Å². The Morgan fingerprint density at radius 2 is 1.81 bits per heavy atom. The molecule has 1 nitrogen and oxygen atoms in total. The SMILES string of the molecule is Cc1cc(C#CCCl)ccc1OCc1c(Cl)cccc1Cl. The molecule has 0 aliphatic carbocycles. The van der Waals surface area contributed by atoms with Crippen molar-refractivity contribution in [3.05, 3.63) is 63.1 Å². The van der Waals surface area contributed by atoms with Crippen molar-refractivity contribution in [2.75, 3.05) is 5.88 Å². The van der Waals surface area contributed by atoms with Crippen molar-refractivity contribution >= 4 is 34.8 Å². The molecule has 2 aromatic rings. The Morgan fingerprint density at radius 3 is 2.43 bits per heavy atom. The maximum Gasteiger partial charge on any atom is 0.122 e. The second-order valence-corrected chi connectivity index (χ2v) is 5.49. The predicted octanol–water partition coefficient (Wildman–Crippen LogP) is 5.47. The lowest BCUT2D eigenvalue weighted by molar-refractivity contribution is 0.304. The van der Waals surface area contributed by atoms with E-state index in [1.807, 2.05) is 31.2 Å². The van der Waals surface area contributed by atoms with Gasteiger partial charge in [0.2, 0.25) is 0 Å². The maximum absolute atomic E-state index is 6.12. The Balaban J connectivity index is 2.14. The van der Waals surface area contributed by atoms with Gasteiger partial charge < -0.3 is 4.74 Å². The highest BCUT2D eigenvalue weighted by molar-refractivity contribution is 6.35. The first kappa shape index (κ1) is 16.0. The van der Waals surface area contributed by atoms with Gasteiger partial charge in [-0.25, -0.2) is 0 Å². The smallest absolute Gasteiger partial charge is 0.122 e. The molecule has 0 saturated heterocycles. The summed E-state index contributed by atoms with van der Waals surface area (Å²) in [4.78, 5) is 0. The van der Waals surface area contributed by atoms with Crippen LogP contribution in [0.2, 0.25) is 10.0 Å². The fourth-order valence-electron chi connectivity index (χ4n) is 1.84. The zero-order chi connectivity index (χ0) is 15.2. The number of benzene rings is 2. The van der Waals surface area contributed by atoms with Crippen LogP contribution in [0.4, 0.5) is 0 Å². The molecule has 0 fully saturated rings. The Bertz CT molecular complexity index is 679. The van der Waals surface area contributed by atoms with Crippen LogP contribution < -0.4 is 4.74 Å². The van der Waals surface area contributed by atoms with E-state index in [4.69, 9.17) is 39.5 Å². The van der Waals surface area contributed by atoms with Crippen LogP contribution in [-0.4, -0.2) is 5.88 Å². The Morgan fingerprint density at radius 1 is 1.10 bits per heavy atom. The van der Waals surface area contributed by atoms with Crippen molar-refractivity contribution < 1.29 is 4.74 Å². The minimum Gasteiger partial charge on any atom is -0.489 e. The standard InChI is InChI=1S/C17H13Cl3O/c1-12-10-13(4-3-9-18)7-8-17(12)21-11-14-15(19)5-2-6-16(14)20/h2,5-8,10H,9,11H2,1H3. The molecule has 0 N–H and O–H groups in total. The highest BCUT2D eigenvalue weighted by Crippen LogP contribution is 2.27. The molecule has 0 aliphatic rings. The van der Waals surface area contributed by atoms with Crippen LogP contribution in [0.25, 0.3) is 0 Å². The average Bonchev–Trinajstić information content (AvgIpc) is 2.46. The number of aryl methyl sites for hydroxylation is 1. The zero-order valence-electron chi connectivity index (χ0n) is 11.4. The summed E-state index contributed by atoms with van der Waals surface area (Å²) in [6.45, 7) is 2.29. The summed E-state index contributed by atoms with van der Waals surface area (Å²) in [5, 5.41) is 1.20. The van der Waals surface area contributed by atoms with E-state index in [2.05, 4.69) is 11.8 Å². The molecule has 0 radical (unpaired) electrons. The average molecular weight is 340 g/mol. The van der Waals surface area contributed by atoms with E-state index in [-0.39, 0.29) is 0 Å². The molecule has 2 aromatic carbocycles. The van der Waals surface area contributed by atoms with Crippen molar-refractivity contribution in [3.8, 4) is 17.6 Å². The molecule has 0 atom stereocenters. The van der Waals surface area contributed by atoms with Gasteiger partial charge in [-0.05, 0) is 42.8 Å². The first-order chi connectivity index (χ1) is 10.1. The van der Waals surface area contributed by atoms with Crippen LogP contribution in [0.5, 0.6) is 5.75 Å². The third-order valence-corrected chi connectivity index (χ3v) is 3.75. The third-order valence-electron chi connectivity index (χ3n) is 2.91. The van der Waals surface area contributed by atoms with E-state index in [1.165, 1.54) is 0 Å². The van der Waals surface area contributed by atoms with Gasteiger partial charge in [-0.15, -0.1) is 11.6 Å². The highest BCUT2D eigenvalue weighted by atomic mass is 35.5. The topological polar surface area (TPSA) is 9.23 Å². The number of alkyl halides is 1. The number of hydrogen-bond donors (Lipinski definition) is 0. The van der Waals surface area contributed by atoms with Crippen LogP contribution in [-0.2, 0) is 6.61 Å². The molecule has 0 aliphatic heterocycles. The number of ether oxygens (including phenoxy) is 1. The van der Waals surface area contributed by atoms with E-state index in [1.54, 1.807) is 12.1 Å². The molecular formula is C17H13Cl3O. The zero-order valence-corrected chi connectivity index (χ0v) is 13.7. The summed E-state index contributed by atoms with van der Waals surface area (Å²) in [6, 6.07) is 11.1. The van der Waals surface area contributed by atoms with Crippen LogP contribution in [0, 0.1) is 18.8 Å². The molecule has 21 heavy (non-hydrogen) atoms. The molecule has 4 heteroatoms. The fourth-order valence-corrected chi connectivity index (χ4v) is 2.42. The molecular weight excluding hydrogens is 327 g/mol. The number of rotatable bonds is 3. The molecule has 0 unspecified atom stereocenters. The highest BCUT2D eigenvalue weighted by Gasteiger charge is 2.07. The lowest BCUT2D eigenvalue weighted by atomic mass is 10.1. The molecule has 0 aromatic heterocycles. The molecule has 0 saturated carbocycles. The first-order valence-electron chi connectivity index (χ1n) is 6.33. The molecule has 108 valence electrons. The van der Waals surface area contributed by atoms with Gasteiger partial charge in [-0.2, -0.15) is 0 Å². The molecule has 0 bridgehead atoms. The normalized spacial score (nSPS) is 9.90. The van der Waals surface area contributed by atoms with Crippen LogP contribution >= 0.6 is 34.8 Å². The summed E-state index contributed by atoms with van der Waals surface area (Å²) >= 11 is 17.8. The van der Waals surface area contributed by atoms with E-state index >= 15 is 0 Å². The first-order valence-corrected chi connectivity index (χ1v) is 7.62. The van der Waals surface area contributed by atoms with E-state index < -0.39 is 0 Å². The van der Waals surface area contributed by atoms with E-state index in [0.29, 0.717) is 22.5 Å². The van der Waals surface area contributed by atoms with Crippen molar-refractivity contribution in [1.82, 2.24) is 0 Å². The second kappa shape index (κ2) is 7.61. The van der Waals surface area contributed by atoms with Crippen molar-refractivity contribution in [2.24, 2.45) is 0 Å². The van der Waals surface area contributed by atoms with Gasteiger partial charge in [-0.1, -0.05) is 41.1 Å². The maximum atomic E-state index is 6.12. The van der Waals surface area contributed by atoms with Gasteiger partial charge >= 0.3 is 0 Å². The molecule has 0 spiro atoms. The van der Waals surface area contributed by atoms with Gasteiger partial charge in [0.15, 0.2) is 0 Å². The van der Waals surface area contributed by atoms with E-state index in [0.717, 1.165) is 22.4 Å². The number of halogens is 3. The number of hydrogen-bond acceptors (Lipinski definition) is 1. The van der Waals surface area contributed by atoms with Crippen LogP contribution in [0.3, 0.4) is 0 Å². The summed E-state index contributed by atoms with van der Waals surface area (Å²) < 4.78 is 5.80. The molecule has 2 rings (SSSR count). The largest absolute Gasteiger partial charge is 0.489 e. The second-order valence-electron chi connectivity index (χ2n) is 4.40. The Labute approximate surface area is 139 Å². The van der Waals surface area contributed by atoms with Crippen LogP contribution in [0.15, 0.2) is 36.4 Å². The Hall–Kier alpha value is -1.33. The lowest BCUT2D eigenvalue weighted by Crippen LogP contribution is -1.99. The van der Waals surface area contributed by atoms with Gasteiger partial charge in [0, 0.05) is 21.2 Å². The van der Waals surface area contributed by atoms with Gasteiger partial charge in [0.1, 0.15) is 12.4 Å². The molecule has 0 amide bonds. The van der Waals surface area contributed by atoms with Crippen LogP contribution in [0.1, 0.15) is 16.7 Å². The summed E-state index contributed by atoms with van der Waals surface area (Å²) in [7, 11) is 0. The van der Waals surface area contributed by atoms with Crippen molar-refractivity contribution in [2.45, 2.75) is 13.5 Å². The lowest BCUT2D eigenvalue weighted by Gasteiger charge is -2.11. The van der Waals surface area contributed by atoms with Crippen molar-refractivity contribution in [3.63, 3.8) is 0 Å². The van der Waals surface area contributed by atoms with Gasteiger partial charge in [-0.3, -0.25) is 0 Å².